The molecule has 27 heavy (non-hydrogen) atoms. The number of carbonyl (C=O) groups excluding carboxylic acids is 2. The van der Waals surface area contributed by atoms with E-state index in [2.05, 4.69) is 5.32 Å². The van der Waals surface area contributed by atoms with Crippen LogP contribution in [-0.4, -0.2) is 11.7 Å². The highest BCUT2D eigenvalue weighted by Crippen LogP contribution is 2.44. The van der Waals surface area contributed by atoms with E-state index in [1.165, 1.54) is 12.1 Å². The summed E-state index contributed by atoms with van der Waals surface area (Å²) >= 11 is 6.27. The first kappa shape index (κ1) is 17.9. The lowest BCUT2D eigenvalue weighted by Crippen LogP contribution is -2.38. The maximum absolute atomic E-state index is 14.3. The van der Waals surface area contributed by atoms with Gasteiger partial charge in [-0.15, -0.1) is 0 Å². The van der Waals surface area contributed by atoms with Crippen molar-refractivity contribution in [3.63, 3.8) is 0 Å². The average molecular weight is 388 g/mol. The lowest BCUT2D eigenvalue weighted by molar-refractivity contribution is -0.122. The van der Waals surface area contributed by atoms with Crippen molar-refractivity contribution in [2.45, 2.75) is 31.1 Å². The summed E-state index contributed by atoms with van der Waals surface area (Å²) in [6.07, 6.45) is 0.553. The Hall–Kier alpha value is -2.53. The molecule has 6 heteroatoms. The number of benzene rings is 2. The van der Waals surface area contributed by atoms with E-state index in [9.17, 15) is 18.4 Å². The predicted molar refractivity (Wildman–Crippen MR) is 97.3 cm³/mol. The average Bonchev–Trinajstić information content (AvgIpc) is 2.63. The van der Waals surface area contributed by atoms with Crippen molar-refractivity contribution < 1.29 is 18.4 Å². The highest BCUT2D eigenvalue weighted by molar-refractivity contribution is 6.31. The van der Waals surface area contributed by atoms with Crippen LogP contribution in [0.3, 0.4) is 0 Å². The van der Waals surface area contributed by atoms with Crippen LogP contribution >= 0.6 is 11.6 Å². The van der Waals surface area contributed by atoms with E-state index in [0.29, 0.717) is 22.7 Å². The van der Waals surface area contributed by atoms with Crippen LogP contribution in [-0.2, 0) is 9.59 Å². The molecule has 0 unspecified atom stereocenters. The van der Waals surface area contributed by atoms with E-state index in [1.54, 1.807) is 6.07 Å². The van der Waals surface area contributed by atoms with E-state index in [1.807, 2.05) is 18.2 Å². The van der Waals surface area contributed by atoms with Gasteiger partial charge in [-0.2, -0.15) is 0 Å². The first-order valence-corrected chi connectivity index (χ1v) is 9.08. The molecule has 0 saturated carbocycles. The van der Waals surface area contributed by atoms with Gasteiger partial charge in [-0.05, 0) is 35.6 Å². The number of rotatable bonds is 2. The normalized spacial score (nSPS) is 22.5. The zero-order valence-corrected chi connectivity index (χ0v) is 15.0. The molecule has 0 saturated heterocycles. The van der Waals surface area contributed by atoms with E-state index >= 15 is 0 Å². The van der Waals surface area contributed by atoms with Gasteiger partial charge < -0.3 is 5.32 Å². The summed E-state index contributed by atoms with van der Waals surface area (Å²) in [4.78, 5) is 25.2. The Kier molecular flexibility index (Phi) is 4.56. The molecule has 4 rings (SSSR count). The maximum Gasteiger partial charge on any atom is 0.225 e. The van der Waals surface area contributed by atoms with Gasteiger partial charge in [0, 0.05) is 35.1 Å². The number of hydrogen-bond donors (Lipinski definition) is 1. The molecule has 3 nitrogen and oxygen atoms in total. The molecule has 0 fully saturated rings. The second-order valence-corrected chi connectivity index (χ2v) is 7.30. The van der Waals surface area contributed by atoms with Crippen molar-refractivity contribution in [3.05, 3.63) is 81.5 Å². The Balaban J connectivity index is 1.77. The van der Waals surface area contributed by atoms with Gasteiger partial charge >= 0.3 is 0 Å². The Morgan fingerprint density at radius 3 is 2.44 bits per heavy atom. The molecule has 2 aliphatic rings. The molecule has 1 amide bonds. The summed E-state index contributed by atoms with van der Waals surface area (Å²) < 4.78 is 28.0. The van der Waals surface area contributed by atoms with Crippen molar-refractivity contribution >= 4 is 23.3 Å². The number of carbonyl (C=O) groups is 2. The van der Waals surface area contributed by atoms with E-state index in [4.69, 9.17) is 11.6 Å². The lowest BCUT2D eigenvalue weighted by Gasteiger charge is -2.34. The number of Topliss-reactive ketones (excluding diaryl/α,β-unsaturated/α-hetero) is 1. The van der Waals surface area contributed by atoms with E-state index in [0.717, 1.165) is 11.6 Å². The van der Waals surface area contributed by atoms with Crippen LogP contribution in [0.1, 0.15) is 42.2 Å². The summed E-state index contributed by atoms with van der Waals surface area (Å²) in [5.74, 6) is -3.42. The fraction of sp³-hybridized carbons (Fsp3) is 0.238. The molecule has 1 aliphatic heterocycles. The number of nitrogens with one attached hydrogen (secondary N) is 1. The monoisotopic (exact) mass is 387 g/mol. The molecule has 1 N–H and O–H groups in total. The number of amides is 1. The van der Waals surface area contributed by atoms with Gasteiger partial charge in [-0.3, -0.25) is 9.59 Å². The van der Waals surface area contributed by atoms with Crippen LogP contribution in [0.2, 0.25) is 5.02 Å². The first-order valence-electron chi connectivity index (χ1n) is 8.70. The minimum absolute atomic E-state index is 0.0434. The standard InChI is InChI=1S/C21H16ClF2NO2/c22-15-6-2-1-4-12(15)11-8-17-20(18(26)9-11)14(10-19(27)25-17)13-5-3-7-16(23)21(13)24/h1-7,11,14H,8-10H2,(H,25,27)/t11-,14-/m0/s1. The van der Waals surface area contributed by atoms with Crippen molar-refractivity contribution in [2.75, 3.05) is 0 Å². The molecular formula is C21H16ClF2NO2. The largest absolute Gasteiger partial charge is 0.329 e. The van der Waals surface area contributed by atoms with Gasteiger partial charge in [0.2, 0.25) is 5.91 Å². The summed E-state index contributed by atoms with van der Waals surface area (Å²) in [5.41, 5.74) is 1.75. The Labute approximate surface area is 160 Å². The van der Waals surface area contributed by atoms with Gasteiger partial charge in [0.25, 0.3) is 0 Å². The zero-order valence-electron chi connectivity index (χ0n) is 14.3. The topological polar surface area (TPSA) is 46.2 Å². The minimum atomic E-state index is -1.01. The van der Waals surface area contributed by atoms with Crippen LogP contribution in [0.5, 0.6) is 0 Å². The van der Waals surface area contributed by atoms with Crippen LogP contribution in [0.4, 0.5) is 8.78 Å². The van der Waals surface area contributed by atoms with Crippen molar-refractivity contribution in [1.82, 2.24) is 5.32 Å². The molecular weight excluding hydrogens is 372 g/mol. The summed E-state index contributed by atoms with van der Waals surface area (Å²) in [5, 5.41) is 3.33. The van der Waals surface area contributed by atoms with Crippen LogP contribution in [0.15, 0.2) is 53.7 Å². The third-order valence-corrected chi connectivity index (χ3v) is 5.58. The van der Waals surface area contributed by atoms with Gasteiger partial charge in [-0.25, -0.2) is 8.78 Å². The third kappa shape index (κ3) is 3.16. The molecule has 2 aromatic rings. The van der Waals surface area contributed by atoms with Crippen molar-refractivity contribution in [3.8, 4) is 0 Å². The third-order valence-electron chi connectivity index (χ3n) is 5.24. The quantitative estimate of drug-likeness (QED) is 0.817. The molecule has 2 atom stereocenters. The summed E-state index contributed by atoms with van der Waals surface area (Å²) in [6, 6.07) is 11.1. The van der Waals surface area contributed by atoms with Gasteiger partial charge in [0.1, 0.15) is 0 Å². The Bertz CT molecular complexity index is 986. The molecule has 0 aromatic heterocycles. The second-order valence-electron chi connectivity index (χ2n) is 6.89. The van der Waals surface area contributed by atoms with E-state index in [-0.39, 0.29) is 36.0 Å². The summed E-state index contributed by atoms with van der Waals surface area (Å²) in [7, 11) is 0. The number of ketones is 1. The van der Waals surface area contributed by atoms with Gasteiger partial charge in [-0.1, -0.05) is 41.9 Å². The SMILES string of the molecule is O=C1C[C@@H](c2cccc(F)c2F)C2=C(C[C@H](c3ccccc3Cl)CC2=O)N1. The Morgan fingerprint density at radius 1 is 0.926 bits per heavy atom. The smallest absolute Gasteiger partial charge is 0.225 e. The maximum atomic E-state index is 14.3. The predicted octanol–water partition coefficient (Wildman–Crippen LogP) is 4.62. The summed E-state index contributed by atoms with van der Waals surface area (Å²) in [6.45, 7) is 0. The Morgan fingerprint density at radius 2 is 1.67 bits per heavy atom. The molecule has 138 valence electrons. The van der Waals surface area contributed by atoms with Crippen LogP contribution in [0, 0.1) is 11.6 Å². The lowest BCUT2D eigenvalue weighted by atomic mass is 9.73. The molecule has 0 bridgehead atoms. The fourth-order valence-electron chi connectivity index (χ4n) is 4.04. The highest BCUT2D eigenvalue weighted by atomic mass is 35.5. The molecule has 1 heterocycles. The minimum Gasteiger partial charge on any atom is -0.329 e. The zero-order chi connectivity index (χ0) is 19.1. The number of allylic oxidation sites excluding steroid dienone is 2. The van der Waals surface area contributed by atoms with Crippen molar-refractivity contribution in [2.24, 2.45) is 0 Å². The van der Waals surface area contributed by atoms with Crippen LogP contribution in [0.25, 0.3) is 0 Å². The van der Waals surface area contributed by atoms with E-state index < -0.39 is 17.6 Å². The molecule has 0 radical (unpaired) electrons. The van der Waals surface area contributed by atoms with Gasteiger partial charge in [0.15, 0.2) is 17.4 Å². The fourth-order valence-corrected chi connectivity index (χ4v) is 4.33. The molecule has 0 spiro atoms. The molecule has 2 aromatic carbocycles. The number of halogens is 3. The van der Waals surface area contributed by atoms with Gasteiger partial charge in [0.05, 0.1) is 0 Å². The number of hydrogen-bond acceptors (Lipinski definition) is 2. The first-order chi connectivity index (χ1) is 13.0. The molecule has 1 aliphatic carbocycles. The second kappa shape index (κ2) is 6.89. The van der Waals surface area contributed by atoms with Crippen LogP contribution < -0.4 is 5.32 Å². The van der Waals surface area contributed by atoms with Crippen molar-refractivity contribution in [1.29, 1.82) is 0 Å². The highest BCUT2D eigenvalue weighted by Gasteiger charge is 2.39.